The van der Waals surface area contributed by atoms with Gasteiger partial charge in [0.05, 0.1) is 30.1 Å². The second kappa shape index (κ2) is 9.35. The van der Waals surface area contributed by atoms with Crippen molar-refractivity contribution in [2.75, 3.05) is 31.6 Å². The van der Waals surface area contributed by atoms with Gasteiger partial charge >= 0.3 is 5.97 Å². The lowest BCUT2D eigenvalue weighted by molar-refractivity contribution is -0.119. The first-order chi connectivity index (χ1) is 15.8. The summed E-state index contributed by atoms with van der Waals surface area (Å²) in [5, 5.41) is 15.1. The van der Waals surface area contributed by atoms with Crippen LogP contribution in [0.15, 0.2) is 34.7 Å². The summed E-state index contributed by atoms with van der Waals surface area (Å²) in [5.41, 5.74) is 5.01. The van der Waals surface area contributed by atoms with Crippen LogP contribution in [0.5, 0.6) is 0 Å². The van der Waals surface area contributed by atoms with E-state index < -0.39 is 17.4 Å². The summed E-state index contributed by atoms with van der Waals surface area (Å²) in [6, 6.07) is 2.60. The number of aromatic carboxylic acids is 1. The summed E-state index contributed by atoms with van der Waals surface area (Å²) in [4.78, 5) is 47.2. The summed E-state index contributed by atoms with van der Waals surface area (Å²) < 4.78 is 7.12. The molecule has 0 spiro atoms. The molecule has 3 atom stereocenters. The number of carbonyl (C=O) groups excluding carboxylic acids is 1. The van der Waals surface area contributed by atoms with Crippen LogP contribution in [0.4, 0.5) is 5.82 Å². The number of carboxylic acids is 1. The van der Waals surface area contributed by atoms with Crippen LogP contribution in [0, 0.1) is 0 Å². The van der Waals surface area contributed by atoms with Gasteiger partial charge in [-0.25, -0.2) is 14.8 Å². The average Bonchev–Trinajstić information content (AvgIpc) is 3.47. The molecule has 0 amide bonds. The van der Waals surface area contributed by atoms with E-state index in [0.29, 0.717) is 29.7 Å². The quantitative estimate of drug-likeness (QED) is 0.416. The van der Waals surface area contributed by atoms with Crippen molar-refractivity contribution in [3.05, 3.63) is 45.7 Å². The molecule has 12 heteroatoms. The van der Waals surface area contributed by atoms with Crippen molar-refractivity contribution < 1.29 is 19.4 Å². The Morgan fingerprint density at radius 1 is 1.39 bits per heavy atom. The highest BCUT2D eigenvalue weighted by molar-refractivity contribution is 7.12. The molecule has 4 N–H and O–H groups in total. The molecule has 0 unspecified atom stereocenters. The second-order valence-electron chi connectivity index (χ2n) is 7.82. The van der Waals surface area contributed by atoms with Gasteiger partial charge in [0.25, 0.3) is 0 Å². The average molecular weight is 473 g/mol. The number of carboxylic acid groups (broad SMARTS) is 1. The summed E-state index contributed by atoms with van der Waals surface area (Å²) in [6.45, 7) is 2.84. The zero-order valence-corrected chi connectivity index (χ0v) is 18.9. The number of pyridine rings is 2. The smallest absolute Gasteiger partial charge is 0.341 e. The molecule has 11 nitrogen and oxygen atoms in total. The summed E-state index contributed by atoms with van der Waals surface area (Å²) in [5.74, 6) is -0.803. The number of Topliss-reactive ketones (excluding diaryl/α,β-unsaturated/α-hetero) is 1. The van der Waals surface area contributed by atoms with Crippen LogP contribution in [0.25, 0.3) is 16.2 Å². The minimum Gasteiger partial charge on any atom is -0.477 e. The first-order valence-electron chi connectivity index (χ1n) is 10.3. The molecule has 0 aliphatic carbocycles. The molecular weight excluding hydrogens is 448 g/mol. The molecule has 4 heterocycles. The number of aromatic nitrogens is 3. The number of thiazole rings is 1. The Kier molecular flexibility index (Phi) is 6.51. The van der Waals surface area contributed by atoms with Crippen molar-refractivity contribution in [3.8, 4) is 5.13 Å². The molecule has 1 saturated heterocycles. The fourth-order valence-corrected chi connectivity index (χ4v) is 4.41. The van der Waals surface area contributed by atoms with Crippen LogP contribution in [-0.2, 0) is 9.53 Å². The molecule has 0 radical (unpaired) electrons. The number of anilines is 1. The Balaban J connectivity index is 1.70. The second-order valence-corrected chi connectivity index (χ2v) is 8.70. The van der Waals surface area contributed by atoms with Gasteiger partial charge in [-0.3, -0.25) is 14.2 Å². The van der Waals surface area contributed by atoms with Gasteiger partial charge in [-0.05, 0) is 19.1 Å². The van der Waals surface area contributed by atoms with Gasteiger partial charge in [0.1, 0.15) is 11.4 Å². The van der Waals surface area contributed by atoms with Crippen molar-refractivity contribution in [3.63, 3.8) is 0 Å². The predicted octanol–water partition coefficient (Wildman–Crippen LogP) is 0.250. The Labute approximate surface area is 192 Å². The van der Waals surface area contributed by atoms with Crippen molar-refractivity contribution >= 4 is 39.9 Å². The van der Waals surface area contributed by atoms with E-state index >= 15 is 0 Å². The number of nitrogens with one attached hydrogen (secondary N) is 1. The van der Waals surface area contributed by atoms with Crippen LogP contribution in [0.1, 0.15) is 17.3 Å². The number of methoxy groups -OCH3 is 1. The molecule has 1 aliphatic rings. The summed E-state index contributed by atoms with van der Waals surface area (Å²) in [6.07, 6.45) is 2.67. The van der Waals surface area contributed by atoms with E-state index in [-0.39, 0.29) is 35.4 Å². The van der Waals surface area contributed by atoms with Crippen LogP contribution >= 0.6 is 11.3 Å². The molecule has 0 saturated carbocycles. The van der Waals surface area contributed by atoms with E-state index in [2.05, 4.69) is 10.3 Å². The number of fused-ring (bicyclic) bond motifs is 1. The highest BCUT2D eigenvalue weighted by atomic mass is 32.1. The largest absolute Gasteiger partial charge is 0.477 e. The van der Waals surface area contributed by atoms with Crippen LogP contribution < -0.4 is 21.4 Å². The van der Waals surface area contributed by atoms with Gasteiger partial charge in [0.2, 0.25) is 5.43 Å². The third-order valence-electron chi connectivity index (χ3n) is 5.63. The first-order valence-corrected chi connectivity index (χ1v) is 11.2. The highest BCUT2D eigenvalue weighted by Gasteiger charge is 2.34. The van der Waals surface area contributed by atoms with E-state index in [1.54, 1.807) is 37.7 Å². The van der Waals surface area contributed by atoms with Gasteiger partial charge in [-0.2, -0.15) is 0 Å². The molecule has 0 bridgehead atoms. The fourth-order valence-electron chi connectivity index (χ4n) is 3.79. The predicted molar refractivity (Wildman–Crippen MR) is 123 cm³/mol. The third-order valence-corrected chi connectivity index (χ3v) is 6.40. The monoisotopic (exact) mass is 472 g/mol. The maximum atomic E-state index is 12.7. The van der Waals surface area contributed by atoms with Crippen molar-refractivity contribution in [1.82, 2.24) is 19.9 Å². The number of nitrogens with two attached hydrogens (primary N) is 1. The maximum absolute atomic E-state index is 12.7. The Bertz CT molecular complexity index is 1240. The number of ether oxygens (including phenoxy) is 1. The molecule has 174 valence electrons. The van der Waals surface area contributed by atoms with E-state index in [9.17, 15) is 19.5 Å². The number of hydrogen-bond acceptors (Lipinski definition) is 10. The van der Waals surface area contributed by atoms with Gasteiger partial charge in [0.15, 0.2) is 16.6 Å². The third kappa shape index (κ3) is 4.50. The molecule has 1 fully saturated rings. The van der Waals surface area contributed by atoms with Gasteiger partial charge in [0, 0.05) is 38.0 Å². The van der Waals surface area contributed by atoms with Crippen LogP contribution in [0.3, 0.4) is 0 Å². The molecule has 4 rings (SSSR count). The van der Waals surface area contributed by atoms with Gasteiger partial charge < -0.3 is 25.8 Å². The lowest BCUT2D eigenvalue weighted by Crippen LogP contribution is -2.45. The van der Waals surface area contributed by atoms with Crippen molar-refractivity contribution in [1.29, 1.82) is 0 Å². The van der Waals surface area contributed by atoms with E-state index in [0.717, 1.165) is 0 Å². The Hall–Kier alpha value is -3.19. The zero-order valence-electron chi connectivity index (χ0n) is 18.1. The fraction of sp³-hybridized carbons (Fsp3) is 0.381. The standard InChI is InChI=1S/C21H24N6O5S/c1-11(22)15(28)7-24-14-9-26(10-16(14)32-2)17-4-3-12-18(29)13(20(30)31)8-27(19(12)25-17)21-23-5-6-33-21/h3-6,8,11,14,16,24H,7,9-10,22H2,1-2H3,(H,30,31)/t11-,14-,16-/m0/s1. The molecular formula is C21H24N6O5S. The minimum absolute atomic E-state index is 0.0890. The zero-order chi connectivity index (χ0) is 23.7. The lowest BCUT2D eigenvalue weighted by Gasteiger charge is -2.19. The van der Waals surface area contributed by atoms with Crippen molar-refractivity contribution in [2.24, 2.45) is 5.73 Å². The van der Waals surface area contributed by atoms with Gasteiger partial charge in [-0.1, -0.05) is 0 Å². The van der Waals surface area contributed by atoms with Crippen LogP contribution in [-0.4, -0.2) is 76.3 Å². The minimum atomic E-state index is -1.31. The number of rotatable bonds is 8. The van der Waals surface area contributed by atoms with Gasteiger partial charge in [-0.15, -0.1) is 11.3 Å². The van der Waals surface area contributed by atoms with E-state index in [4.69, 9.17) is 15.5 Å². The molecule has 0 aromatic carbocycles. The Morgan fingerprint density at radius 3 is 2.82 bits per heavy atom. The normalized spacial score (nSPS) is 19.2. The first kappa shape index (κ1) is 23.0. The molecule has 3 aromatic heterocycles. The molecule has 33 heavy (non-hydrogen) atoms. The summed E-state index contributed by atoms with van der Waals surface area (Å²) in [7, 11) is 1.61. The number of ketones is 1. The van der Waals surface area contributed by atoms with E-state index in [1.807, 2.05) is 4.90 Å². The van der Waals surface area contributed by atoms with E-state index in [1.165, 1.54) is 22.1 Å². The Morgan fingerprint density at radius 2 is 2.18 bits per heavy atom. The van der Waals surface area contributed by atoms with Crippen LogP contribution in [0.2, 0.25) is 0 Å². The highest BCUT2D eigenvalue weighted by Crippen LogP contribution is 2.24. The lowest BCUT2D eigenvalue weighted by atomic mass is 10.2. The SMILES string of the molecule is CO[C@H]1CN(c2ccc3c(=O)c(C(=O)O)cn(-c4nccs4)c3n2)C[C@@H]1NCC(=O)[C@H](C)N. The number of nitrogens with zero attached hydrogens (tertiary/aromatic N) is 4. The number of carbonyl (C=O) groups is 2. The molecule has 1 aliphatic heterocycles. The summed E-state index contributed by atoms with van der Waals surface area (Å²) >= 11 is 1.30. The number of hydrogen-bond donors (Lipinski definition) is 3. The maximum Gasteiger partial charge on any atom is 0.341 e. The van der Waals surface area contributed by atoms with Crippen molar-refractivity contribution in [2.45, 2.75) is 25.1 Å². The molecule has 3 aromatic rings. The topological polar surface area (TPSA) is 153 Å².